The largest absolute Gasteiger partial charge is 0.452 e. The van der Waals surface area contributed by atoms with Crippen LogP contribution in [-0.2, 0) is 10.0 Å². The van der Waals surface area contributed by atoms with Gasteiger partial charge in [-0.25, -0.2) is 13.1 Å². The normalized spacial score (nSPS) is 20.1. The SMILES string of the molecule is NCC1(NS(=O)(=O)c2ccco2)CCCC1. The molecule has 1 fully saturated rings. The molecule has 1 aliphatic rings. The van der Waals surface area contributed by atoms with Crippen LogP contribution in [0.2, 0.25) is 0 Å². The lowest BCUT2D eigenvalue weighted by atomic mass is 10.0. The average Bonchev–Trinajstić information content (AvgIpc) is 2.87. The molecule has 0 atom stereocenters. The highest BCUT2D eigenvalue weighted by molar-refractivity contribution is 7.89. The molecule has 5 nitrogen and oxygen atoms in total. The summed E-state index contributed by atoms with van der Waals surface area (Å²) in [4.78, 5) is 0. The van der Waals surface area contributed by atoms with Crippen LogP contribution in [0.3, 0.4) is 0 Å². The fraction of sp³-hybridized carbons (Fsp3) is 0.600. The lowest BCUT2D eigenvalue weighted by Crippen LogP contribution is -2.51. The Kier molecular flexibility index (Phi) is 3.05. The molecule has 90 valence electrons. The second kappa shape index (κ2) is 4.20. The Balaban J connectivity index is 2.20. The van der Waals surface area contributed by atoms with E-state index in [1.54, 1.807) is 6.07 Å². The first-order chi connectivity index (χ1) is 7.58. The smallest absolute Gasteiger partial charge is 0.274 e. The van der Waals surface area contributed by atoms with Crippen LogP contribution in [0.15, 0.2) is 27.9 Å². The second-order valence-electron chi connectivity index (χ2n) is 4.23. The van der Waals surface area contributed by atoms with E-state index in [1.807, 2.05) is 0 Å². The minimum absolute atomic E-state index is 0.0489. The van der Waals surface area contributed by atoms with E-state index in [2.05, 4.69) is 4.72 Å². The molecule has 1 aliphatic carbocycles. The van der Waals surface area contributed by atoms with E-state index in [9.17, 15) is 8.42 Å². The molecule has 0 amide bonds. The van der Waals surface area contributed by atoms with E-state index in [-0.39, 0.29) is 5.09 Å². The minimum Gasteiger partial charge on any atom is -0.452 e. The predicted molar refractivity (Wildman–Crippen MR) is 59.3 cm³/mol. The van der Waals surface area contributed by atoms with E-state index in [1.165, 1.54) is 12.3 Å². The Bertz CT molecular complexity index is 433. The summed E-state index contributed by atoms with van der Waals surface area (Å²) in [5, 5.41) is -0.0489. The molecule has 3 N–H and O–H groups in total. The molecule has 1 aromatic heterocycles. The summed E-state index contributed by atoms with van der Waals surface area (Å²) in [6.07, 6.45) is 4.96. The van der Waals surface area contributed by atoms with Crippen molar-refractivity contribution in [1.82, 2.24) is 4.72 Å². The van der Waals surface area contributed by atoms with E-state index in [4.69, 9.17) is 10.2 Å². The highest BCUT2D eigenvalue weighted by Crippen LogP contribution is 2.30. The zero-order chi connectivity index (χ0) is 11.6. The zero-order valence-electron chi connectivity index (χ0n) is 8.98. The Labute approximate surface area is 95.1 Å². The van der Waals surface area contributed by atoms with Crippen molar-refractivity contribution in [3.63, 3.8) is 0 Å². The lowest BCUT2D eigenvalue weighted by molar-refractivity contribution is 0.384. The maximum Gasteiger partial charge on any atom is 0.274 e. The van der Waals surface area contributed by atoms with Gasteiger partial charge >= 0.3 is 0 Å². The fourth-order valence-corrected chi connectivity index (χ4v) is 3.55. The minimum atomic E-state index is -3.57. The second-order valence-corrected chi connectivity index (χ2v) is 5.84. The third kappa shape index (κ3) is 2.14. The molecule has 16 heavy (non-hydrogen) atoms. The Morgan fingerprint density at radius 2 is 2.12 bits per heavy atom. The Hall–Kier alpha value is -0.850. The van der Waals surface area contributed by atoms with Crippen LogP contribution < -0.4 is 10.5 Å². The molecular weight excluding hydrogens is 228 g/mol. The third-order valence-electron chi connectivity index (χ3n) is 3.06. The number of hydrogen-bond donors (Lipinski definition) is 2. The quantitative estimate of drug-likeness (QED) is 0.821. The highest BCUT2D eigenvalue weighted by Gasteiger charge is 2.37. The van der Waals surface area contributed by atoms with Gasteiger partial charge in [0, 0.05) is 12.1 Å². The number of hydrogen-bond acceptors (Lipinski definition) is 4. The molecule has 0 saturated heterocycles. The van der Waals surface area contributed by atoms with Crippen molar-refractivity contribution in [1.29, 1.82) is 0 Å². The summed E-state index contributed by atoms with van der Waals surface area (Å²) >= 11 is 0. The predicted octanol–water partition coefficient (Wildman–Crippen LogP) is 0.829. The van der Waals surface area contributed by atoms with Crippen molar-refractivity contribution in [2.24, 2.45) is 5.73 Å². The molecule has 0 aliphatic heterocycles. The highest BCUT2D eigenvalue weighted by atomic mass is 32.2. The van der Waals surface area contributed by atoms with Gasteiger partial charge in [0.05, 0.1) is 6.26 Å². The van der Waals surface area contributed by atoms with Gasteiger partial charge in [0.1, 0.15) is 0 Å². The van der Waals surface area contributed by atoms with Gasteiger partial charge in [0.2, 0.25) is 5.09 Å². The van der Waals surface area contributed by atoms with Crippen LogP contribution in [0.1, 0.15) is 25.7 Å². The molecule has 2 rings (SSSR count). The van der Waals surface area contributed by atoms with Crippen LogP contribution in [0.25, 0.3) is 0 Å². The van der Waals surface area contributed by atoms with Gasteiger partial charge in [0.25, 0.3) is 10.0 Å². The molecule has 1 saturated carbocycles. The first kappa shape index (κ1) is 11.6. The average molecular weight is 244 g/mol. The first-order valence-electron chi connectivity index (χ1n) is 5.36. The van der Waals surface area contributed by atoms with Crippen molar-refractivity contribution in [2.75, 3.05) is 6.54 Å². The van der Waals surface area contributed by atoms with Crippen molar-refractivity contribution in [2.45, 2.75) is 36.3 Å². The summed E-state index contributed by atoms with van der Waals surface area (Å²) in [6, 6.07) is 2.99. The number of furan rings is 1. The molecular formula is C10H16N2O3S. The van der Waals surface area contributed by atoms with Crippen LogP contribution >= 0.6 is 0 Å². The lowest BCUT2D eigenvalue weighted by Gasteiger charge is -2.27. The Morgan fingerprint density at radius 1 is 1.44 bits per heavy atom. The molecule has 6 heteroatoms. The van der Waals surface area contributed by atoms with Crippen molar-refractivity contribution >= 4 is 10.0 Å². The summed E-state index contributed by atoms with van der Waals surface area (Å²) < 4.78 is 31.5. The zero-order valence-corrected chi connectivity index (χ0v) is 9.79. The van der Waals surface area contributed by atoms with Crippen molar-refractivity contribution in [3.05, 3.63) is 18.4 Å². The maximum atomic E-state index is 12.0. The third-order valence-corrected chi connectivity index (χ3v) is 4.53. The van der Waals surface area contributed by atoms with Gasteiger partial charge in [-0.05, 0) is 25.0 Å². The number of sulfonamides is 1. The topological polar surface area (TPSA) is 85.3 Å². The van der Waals surface area contributed by atoms with Crippen LogP contribution in [-0.4, -0.2) is 20.5 Å². The Morgan fingerprint density at radius 3 is 2.62 bits per heavy atom. The first-order valence-corrected chi connectivity index (χ1v) is 6.84. The van der Waals surface area contributed by atoms with Gasteiger partial charge in [-0.15, -0.1) is 0 Å². The van der Waals surface area contributed by atoms with Crippen LogP contribution in [0.5, 0.6) is 0 Å². The molecule has 0 radical (unpaired) electrons. The molecule has 1 aromatic rings. The van der Waals surface area contributed by atoms with Gasteiger partial charge in [0.15, 0.2) is 0 Å². The maximum absolute atomic E-state index is 12.0. The summed E-state index contributed by atoms with van der Waals surface area (Å²) in [5.41, 5.74) is 5.19. The van der Waals surface area contributed by atoms with Crippen molar-refractivity contribution in [3.8, 4) is 0 Å². The van der Waals surface area contributed by atoms with Gasteiger partial charge in [-0.2, -0.15) is 0 Å². The molecule has 0 unspecified atom stereocenters. The van der Waals surface area contributed by atoms with Gasteiger partial charge < -0.3 is 10.2 Å². The monoisotopic (exact) mass is 244 g/mol. The van der Waals surface area contributed by atoms with Crippen LogP contribution in [0.4, 0.5) is 0 Å². The number of rotatable bonds is 4. The van der Waals surface area contributed by atoms with Crippen LogP contribution in [0, 0.1) is 0 Å². The summed E-state index contributed by atoms with van der Waals surface area (Å²) in [6.45, 7) is 0.326. The van der Waals surface area contributed by atoms with Crippen molar-refractivity contribution < 1.29 is 12.8 Å². The van der Waals surface area contributed by atoms with E-state index in [0.717, 1.165) is 25.7 Å². The number of nitrogens with one attached hydrogen (secondary N) is 1. The van der Waals surface area contributed by atoms with Gasteiger partial charge in [-0.1, -0.05) is 12.8 Å². The standard InChI is InChI=1S/C10H16N2O3S/c11-8-10(5-1-2-6-10)12-16(13,14)9-4-3-7-15-9/h3-4,7,12H,1-2,5-6,8,11H2. The summed E-state index contributed by atoms with van der Waals surface area (Å²) in [5.74, 6) is 0. The fourth-order valence-electron chi connectivity index (χ4n) is 2.15. The molecule has 1 heterocycles. The van der Waals surface area contributed by atoms with E-state index in [0.29, 0.717) is 6.54 Å². The molecule has 0 bridgehead atoms. The molecule has 0 aromatic carbocycles. The molecule has 0 spiro atoms. The number of nitrogens with two attached hydrogens (primary N) is 1. The van der Waals surface area contributed by atoms with E-state index >= 15 is 0 Å². The van der Waals surface area contributed by atoms with Gasteiger partial charge in [-0.3, -0.25) is 0 Å². The summed E-state index contributed by atoms with van der Waals surface area (Å²) in [7, 11) is -3.57. The van der Waals surface area contributed by atoms with E-state index < -0.39 is 15.6 Å².